The molecule has 0 saturated carbocycles. The van der Waals surface area contributed by atoms with Crippen LogP contribution in [0.5, 0.6) is 5.75 Å². The molecule has 1 aliphatic rings. The zero-order valence-electron chi connectivity index (χ0n) is 19.8. The predicted molar refractivity (Wildman–Crippen MR) is 127 cm³/mol. The molecule has 1 fully saturated rings. The van der Waals surface area contributed by atoms with Gasteiger partial charge in [-0.25, -0.2) is 14.1 Å². The highest BCUT2D eigenvalue weighted by atomic mass is 31.2. The Morgan fingerprint density at radius 1 is 1.35 bits per heavy atom. The Balaban J connectivity index is 1.59. The van der Waals surface area contributed by atoms with Crippen LogP contribution in [0.15, 0.2) is 48.8 Å². The van der Waals surface area contributed by atoms with Gasteiger partial charge in [0.1, 0.15) is 48.0 Å². The number of hydrogen-bond donors (Lipinski definition) is 4. The molecule has 0 spiro atoms. The Morgan fingerprint density at radius 2 is 2.08 bits per heavy atom. The van der Waals surface area contributed by atoms with Crippen molar-refractivity contribution in [1.29, 1.82) is 5.26 Å². The van der Waals surface area contributed by atoms with Crippen LogP contribution in [0.3, 0.4) is 0 Å². The molecule has 1 saturated heterocycles. The maximum Gasteiger partial charge on any atom is 0.459 e. The number of methoxy groups -OCH3 is 1. The molecular weight excluding hydrogens is 507 g/mol. The van der Waals surface area contributed by atoms with Crippen LogP contribution in [0, 0.1) is 11.3 Å². The number of aliphatic hydroxyl groups excluding tert-OH is 2. The van der Waals surface area contributed by atoms with Crippen molar-refractivity contribution in [2.45, 2.75) is 36.9 Å². The summed E-state index contributed by atoms with van der Waals surface area (Å²) in [7, 11) is -3.10. The summed E-state index contributed by atoms with van der Waals surface area (Å²) in [5, 5.41) is 38.2. The first-order chi connectivity index (χ1) is 17.6. The van der Waals surface area contributed by atoms with Gasteiger partial charge in [-0.3, -0.25) is 9.32 Å². The van der Waals surface area contributed by atoms with E-state index in [0.29, 0.717) is 5.52 Å². The predicted octanol–water partition coefficient (Wildman–Crippen LogP) is 0.506. The minimum Gasteiger partial charge on any atom is -0.468 e. The largest absolute Gasteiger partial charge is 0.468 e. The molecule has 1 aliphatic heterocycles. The van der Waals surface area contributed by atoms with Gasteiger partial charge in [-0.15, -0.1) is 0 Å². The Hall–Kier alpha value is -3.57. The van der Waals surface area contributed by atoms with Crippen molar-refractivity contribution in [1.82, 2.24) is 19.7 Å². The van der Waals surface area contributed by atoms with Gasteiger partial charge in [0.2, 0.25) is 5.60 Å². The highest BCUT2D eigenvalue weighted by molar-refractivity contribution is 7.52. The van der Waals surface area contributed by atoms with Gasteiger partial charge >= 0.3 is 13.7 Å². The molecule has 37 heavy (non-hydrogen) atoms. The third-order valence-electron chi connectivity index (χ3n) is 5.77. The lowest BCUT2D eigenvalue weighted by atomic mass is 9.92. The van der Waals surface area contributed by atoms with Gasteiger partial charge in [-0.1, -0.05) is 18.2 Å². The molecule has 1 unspecified atom stereocenters. The lowest BCUT2D eigenvalue weighted by Crippen LogP contribution is -2.41. The highest BCUT2D eigenvalue weighted by Gasteiger charge is 2.58. The monoisotopic (exact) mass is 532 g/mol. The molecule has 0 aliphatic carbocycles. The number of nitrogens with two attached hydrogens (primary N) is 1. The van der Waals surface area contributed by atoms with Crippen molar-refractivity contribution in [3.8, 4) is 11.8 Å². The van der Waals surface area contributed by atoms with E-state index in [1.807, 2.05) is 6.07 Å². The van der Waals surface area contributed by atoms with Crippen molar-refractivity contribution in [2.24, 2.45) is 0 Å². The Bertz CT molecular complexity index is 1360. The molecule has 0 bridgehead atoms. The molecule has 6 atom stereocenters. The highest BCUT2D eigenvalue weighted by Crippen LogP contribution is 2.47. The zero-order chi connectivity index (χ0) is 26.8. The van der Waals surface area contributed by atoms with Gasteiger partial charge in [-0.2, -0.15) is 15.4 Å². The average Bonchev–Trinajstić information content (AvgIpc) is 3.43. The number of rotatable bonds is 9. The van der Waals surface area contributed by atoms with E-state index < -0.39 is 50.3 Å². The number of para-hydroxylation sites is 1. The Kier molecular flexibility index (Phi) is 7.47. The molecule has 3 heterocycles. The fourth-order valence-electron chi connectivity index (χ4n) is 3.90. The normalized spacial score (nSPS) is 25.8. The number of hydrogen-bond acceptors (Lipinski definition) is 12. The summed E-state index contributed by atoms with van der Waals surface area (Å²) >= 11 is 0. The second-order valence-corrected chi connectivity index (χ2v) is 9.87. The first kappa shape index (κ1) is 26.5. The number of aromatic nitrogens is 3. The van der Waals surface area contributed by atoms with Crippen LogP contribution in [0.4, 0.5) is 5.82 Å². The molecule has 0 amide bonds. The number of carbonyl (C=O) groups excluding carboxylic acids is 1. The summed E-state index contributed by atoms with van der Waals surface area (Å²) in [6, 6.07) is 11.9. The maximum atomic E-state index is 13.6. The second kappa shape index (κ2) is 10.4. The molecule has 196 valence electrons. The number of carbonyl (C=O) groups is 1. The van der Waals surface area contributed by atoms with Gasteiger partial charge in [-0.05, 0) is 31.2 Å². The van der Waals surface area contributed by atoms with Crippen LogP contribution in [0.1, 0.15) is 12.6 Å². The van der Waals surface area contributed by atoms with Gasteiger partial charge in [0.25, 0.3) is 0 Å². The van der Waals surface area contributed by atoms with Crippen molar-refractivity contribution >= 4 is 25.1 Å². The summed E-state index contributed by atoms with van der Waals surface area (Å²) in [5.41, 5.74) is 4.24. The van der Waals surface area contributed by atoms with E-state index in [0.717, 1.165) is 0 Å². The maximum absolute atomic E-state index is 13.6. The first-order valence-corrected chi connectivity index (χ1v) is 12.6. The molecule has 2 aromatic heterocycles. The molecule has 4 rings (SSSR count). The smallest absolute Gasteiger partial charge is 0.459 e. The number of nitrogens with one attached hydrogen (secondary N) is 1. The fraction of sp³-hybridized carbons (Fsp3) is 0.364. The van der Waals surface area contributed by atoms with Crippen molar-refractivity contribution < 1.29 is 38.1 Å². The van der Waals surface area contributed by atoms with E-state index >= 15 is 0 Å². The number of fused-ring (bicyclic) bond motifs is 1. The summed E-state index contributed by atoms with van der Waals surface area (Å²) in [5.74, 6) is -0.420. The average molecular weight is 532 g/mol. The minimum absolute atomic E-state index is 0.0920. The number of nitrogen functional groups attached to an aromatic ring is 1. The van der Waals surface area contributed by atoms with E-state index in [1.165, 1.54) is 49.1 Å². The zero-order valence-corrected chi connectivity index (χ0v) is 20.7. The van der Waals surface area contributed by atoms with Crippen molar-refractivity contribution in [3.05, 3.63) is 54.5 Å². The van der Waals surface area contributed by atoms with Crippen LogP contribution in [-0.4, -0.2) is 68.9 Å². The lowest BCUT2D eigenvalue weighted by molar-refractivity contribution is -0.142. The van der Waals surface area contributed by atoms with Crippen LogP contribution in [0.25, 0.3) is 5.52 Å². The van der Waals surface area contributed by atoms with E-state index in [-0.39, 0.29) is 17.3 Å². The molecule has 5 N–H and O–H groups in total. The van der Waals surface area contributed by atoms with Crippen molar-refractivity contribution in [2.75, 3.05) is 19.5 Å². The Labute approximate surface area is 211 Å². The van der Waals surface area contributed by atoms with Crippen LogP contribution < -0.4 is 15.3 Å². The van der Waals surface area contributed by atoms with Crippen molar-refractivity contribution in [3.63, 3.8) is 0 Å². The topological polar surface area (TPSA) is 204 Å². The Morgan fingerprint density at radius 3 is 2.76 bits per heavy atom. The van der Waals surface area contributed by atoms with Crippen LogP contribution >= 0.6 is 7.75 Å². The first-order valence-electron chi connectivity index (χ1n) is 11.0. The summed E-state index contributed by atoms with van der Waals surface area (Å²) in [4.78, 5) is 15.8. The standard InChI is InChI=1S/C22H25N6O8P/c1-13(21(31)33-2)27-37(32,36-14-6-4-3-5-7-14)34-10-16-18(29)19(30)22(11-23,35-16)17-9-8-15-20(24)25-12-26-28(15)17/h3-9,12-13,16,18-19,29-30H,10H2,1-2H3,(H,27,32)(H2,24,25,26)/t13?,16-,18-,19-,22+,37+/m1/s1. The number of benzene rings is 1. The number of anilines is 1. The van der Waals surface area contributed by atoms with Gasteiger partial charge in [0, 0.05) is 0 Å². The van der Waals surface area contributed by atoms with E-state index in [2.05, 4.69) is 19.9 Å². The summed E-state index contributed by atoms with van der Waals surface area (Å²) in [6.45, 7) is 0.806. The fourth-order valence-corrected chi connectivity index (χ4v) is 5.40. The molecule has 0 radical (unpaired) electrons. The summed E-state index contributed by atoms with van der Waals surface area (Å²) in [6.07, 6.45) is -3.53. The minimum atomic E-state index is -4.27. The number of aliphatic hydroxyl groups is 2. The number of ether oxygens (including phenoxy) is 2. The SMILES string of the molecule is COC(=O)C(C)N[P@](=O)(OC[C@H]1O[C@@](C#N)(c2ccc3c(N)ncnn23)[C@H](O)[C@@H]1O)Oc1ccccc1. The van der Waals surface area contributed by atoms with Gasteiger partial charge < -0.3 is 29.9 Å². The number of nitrogens with zero attached hydrogens (tertiary/aromatic N) is 4. The number of nitriles is 1. The third-order valence-corrected chi connectivity index (χ3v) is 7.41. The number of esters is 1. The summed E-state index contributed by atoms with van der Waals surface area (Å²) < 4.78 is 36.4. The van der Waals surface area contributed by atoms with Crippen LogP contribution in [-0.2, 0) is 29.0 Å². The van der Waals surface area contributed by atoms with Crippen LogP contribution in [0.2, 0.25) is 0 Å². The third kappa shape index (κ3) is 5.01. The second-order valence-electron chi connectivity index (χ2n) is 8.17. The van der Waals surface area contributed by atoms with E-state index in [4.69, 9.17) is 19.5 Å². The molecule has 1 aromatic carbocycles. The molecule has 15 heteroatoms. The molecule has 3 aromatic rings. The van der Waals surface area contributed by atoms with Gasteiger partial charge in [0.15, 0.2) is 5.82 Å². The van der Waals surface area contributed by atoms with E-state index in [1.54, 1.807) is 18.2 Å². The van der Waals surface area contributed by atoms with E-state index in [9.17, 15) is 24.8 Å². The quantitative estimate of drug-likeness (QED) is 0.219. The molecule has 14 nitrogen and oxygen atoms in total. The van der Waals surface area contributed by atoms with Gasteiger partial charge in [0.05, 0.1) is 19.4 Å². The molecular formula is C22H25N6O8P. The lowest BCUT2D eigenvalue weighted by Gasteiger charge is -2.25.